The highest BCUT2D eigenvalue weighted by atomic mass is 32.3. The molecule has 0 unspecified atom stereocenters. The Morgan fingerprint density at radius 1 is 0.727 bits per heavy atom. The van der Waals surface area contributed by atoms with Crippen molar-refractivity contribution in [2.75, 3.05) is 25.7 Å². The average Bonchev–Trinajstić information content (AvgIpc) is 2.39. The molecule has 0 rings (SSSR count). The summed E-state index contributed by atoms with van der Waals surface area (Å²) < 4.78 is 31.6. The second-order valence-corrected chi connectivity index (χ2v) is 12.5. The van der Waals surface area contributed by atoms with Gasteiger partial charge in [0.05, 0.1) is 12.3 Å². The first-order chi connectivity index (χ1) is 10.1. The van der Waals surface area contributed by atoms with Gasteiger partial charge in [-0.2, -0.15) is 8.42 Å². The first-order valence-corrected chi connectivity index (χ1v) is 13.1. The van der Waals surface area contributed by atoms with Crippen LogP contribution in [0.2, 0.25) is 0 Å². The molecular weight excluding hydrogens is 319 g/mol. The molecule has 0 saturated heterocycles. The minimum Gasteiger partial charge on any atom is -0.264 e. The van der Waals surface area contributed by atoms with Crippen LogP contribution >= 0.6 is 7.26 Å². The zero-order valence-corrected chi connectivity index (χ0v) is 16.8. The lowest BCUT2D eigenvalue weighted by molar-refractivity contribution is 0.381. The van der Waals surface area contributed by atoms with E-state index in [0.717, 1.165) is 0 Å². The maximum atomic E-state index is 8.74. The average molecular weight is 358 g/mol. The van der Waals surface area contributed by atoms with Gasteiger partial charge >= 0.3 is 10.4 Å². The number of unbranched alkanes of at least 4 members (excludes halogenated alkanes) is 9. The Morgan fingerprint density at radius 3 is 1.36 bits per heavy atom. The Labute approximate surface area is 139 Å². The van der Waals surface area contributed by atoms with Gasteiger partial charge in [-0.3, -0.25) is 9.11 Å². The molecule has 0 spiro atoms. The number of hydrogen-bond acceptors (Lipinski definition) is 2. The zero-order chi connectivity index (χ0) is 17.5. The standard InChI is InChI=1S/C16H36P.H2O4S/c1-5-7-8-9-10-11-12-13-14-15-16-17(3,4)6-2;1-5(2,3)4/h5-16H2,1-4H3;(H2,1,2,3,4)/q+1;. The van der Waals surface area contributed by atoms with Crippen LogP contribution in [0.15, 0.2) is 0 Å². The fourth-order valence-corrected chi connectivity index (χ4v) is 3.58. The van der Waals surface area contributed by atoms with E-state index in [9.17, 15) is 0 Å². The first kappa shape index (κ1) is 24.6. The quantitative estimate of drug-likeness (QED) is 0.273. The molecule has 0 aliphatic carbocycles. The summed E-state index contributed by atoms with van der Waals surface area (Å²) in [5.41, 5.74) is 0. The Hall–Kier alpha value is 0.300. The van der Waals surface area contributed by atoms with Crippen molar-refractivity contribution < 1.29 is 17.5 Å². The van der Waals surface area contributed by atoms with Crippen LogP contribution in [0.4, 0.5) is 0 Å². The molecule has 0 atom stereocenters. The third kappa shape index (κ3) is 28.5. The van der Waals surface area contributed by atoms with E-state index in [-0.39, 0.29) is 0 Å². The van der Waals surface area contributed by atoms with Crippen molar-refractivity contribution in [2.24, 2.45) is 0 Å². The Kier molecular flexibility index (Phi) is 16.6. The Morgan fingerprint density at radius 2 is 1.05 bits per heavy atom. The lowest BCUT2D eigenvalue weighted by Gasteiger charge is -2.15. The largest absolute Gasteiger partial charge is 0.394 e. The minimum atomic E-state index is -4.67. The van der Waals surface area contributed by atoms with Crippen LogP contribution in [0.3, 0.4) is 0 Å². The molecule has 0 heterocycles. The SMILES string of the molecule is CCCCCCCCCCCC[P+](C)(C)CC.O=S(=O)(O)O. The molecule has 4 nitrogen and oxygen atoms in total. The van der Waals surface area contributed by atoms with Gasteiger partial charge in [-0.25, -0.2) is 0 Å². The smallest absolute Gasteiger partial charge is 0.264 e. The number of hydrogen-bond donors (Lipinski definition) is 2. The van der Waals surface area contributed by atoms with Gasteiger partial charge in [-0.05, 0) is 19.8 Å². The third-order valence-electron chi connectivity index (χ3n) is 3.97. The van der Waals surface area contributed by atoms with Gasteiger partial charge in [-0.1, -0.05) is 58.3 Å². The van der Waals surface area contributed by atoms with E-state index < -0.39 is 17.7 Å². The molecule has 0 radical (unpaired) electrons. The zero-order valence-electron chi connectivity index (χ0n) is 15.1. The molecule has 0 aromatic carbocycles. The minimum absolute atomic E-state index is 0.497. The van der Waals surface area contributed by atoms with E-state index >= 15 is 0 Å². The van der Waals surface area contributed by atoms with Crippen LogP contribution in [0.5, 0.6) is 0 Å². The summed E-state index contributed by atoms with van der Waals surface area (Å²) in [5.74, 6) is 0. The van der Waals surface area contributed by atoms with Gasteiger partial charge in [0.15, 0.2) is 0 Å². The summed E-state index contributed by atoms with van der Waals surface area (Å²) in [6, 6.07) is 0. The first-order valence-electron chi connectivity index (χ1n) is 8.64. The van der Waals surface area contributed by atoms with Crippen LogP contribution in [-0.2, 0) is 10.4 Å². The van der Waals surface area contributed by atoms with Crippen molar-refractivity contribution in [2.45, 2.75) is 78.1 Å². The van der Waals surface area contributed by atoms with E-state index in [2.05, 4.69) is 27.2 Å². The fraction of sp³-hybridized carbons (Fsp3) is 1.00. The number of rotatable bonds is 12. The van der Waals surface area contributed by atoms with E-state index in [1.807, 2.05) is 0 Å². The van der Waals surface area contributed by atoms with Crippen molar-refractivity contribution in [1.29, 1.82) is 0 Å². The van der Waals surface area contributed by atoms with Gasteiger partial charge < -0.3 is 0 Å². The van der Waals surface area contributed by atoms with Gasteiger partial charge in [0.1, 0.15) is 0 Å². The maximum Gasteiger partial charge on any atom is 0.394 e. The molecule has 0 aliphatic heterocycles. The van der Waals surface area contributed by atoms with Crippen molar-refractivity contribution in [3.63, 3.8) is 0 Å². The van der Waals surface area contributed by atoms with Gasteiger partial charge in [-0.15, -0.1) is 0 Å². The Balaban J connectivity index is 0. The van der Waals surface area contributed by atoms with Gasteiger partial charge in [0.2, 0.25) is 0 Å². The molecule has 0 fully saturated rings. The second kappa shape index (κ2) is 14.9. The lowest BCUT2D eigenvalue weighted by Crippen LogP contribution is -1.97. The summed E-state index contributed by atoms with van der Waals surface area (Å²) in [7, 11) is -5.16. The van der Waals surface area contributed by atoms with Crippen molar-refractivity contribution >= 4 is 17.7 Å². The molecule has 6 heteroatoms. The third-order valence-corrected chi connectivity index (χ3v) is 7.21. The second-order valence-electron chi connectivity index (χ2n) is 6.61. The highest BCUT2D eigenvalue weighted by Crippen LogP contribution is 2.51. The maximum absolute atomic E-state index is 8.74. The van der Waals surface area contributed by atoms with Crippen molar-refractivity contribution in [3.8, 4) is 0 Å². The molecule has 0 amide bonds. The van der Waals surface area contributed by atoms with E-state index in [1.165, 1.54) is 76.5 Å². The molecule has 22 heavy (non-hydrogen) atoms. The lowest BCUT2D eigenvalue weighted by atomic mass is 10.1. The van der Waals surface area contributed by atoms with Crippen LogP contribution in [0.1, 0.15) is 78.1 Å². The molecule has 0 aromatic heterocycles. The van der Waals surface area contributed by atoms with Gasteiger partial charge in [0, 0.05) is 20.6 Å². The predicted molar refractivity (Wildman–Crippen MR) is 100 cm³/mol. The molecule has 136 valence electrons. The highest BCUT2D eigenvalue weighted by Gasteiger charge is 2.20. The topological polar surface area (TPSA) is 74.6 Å². The van der Waals surface area contributed by atoms with Crippen LogP contribution in [-0.4, -0.2) is 43.2 Å². The van der Waals surface area contributed by atoms with Crippen molar-refractivity contribution in [1.82, 2.24) is 0 Å². The van der Waals surface area contributed by atoms with E-state index in [0.29, 0.717) is 0 Å². The van der Waals surface area contributed by atoms with Crippen molar-refractivity contribution in [3.05, 3.63) is 0 Å². The van der Waals surface area contributed by atoms with Crippen LogP contribution in [0, 0.1) is 0 Å². The monoisotopic (exact) mass is 357 g/mol. The summed E-state index contributed by atoms with van der Waals surface area (Å²) >= 11 is 0. The highest BCUT2D eigenvalue weighted by molar-refractivity contribution is 7.79. The predicted octanol–water partition coefficient (Wildman–Crippen LogP) is 5.55. The molecule has 0 aliphatic rings. The molecular formula is C16H38O4PS+. The molecule has 0 saturated carbocycles. The molecule has 2 N–H and O–H groups in total. The summed E-state index contributed by atoms with van der Waals surface area (Å²) in [5, 5.41) is 0. The normalized spacial score (nSPS) is 11.9. The van der Waals surface area contributed by atoms with Crippen LogP contribution in [0.25, 0.3) is 0 Å². The summed E-state index contributed by atoms with van der Waals surface area (Å²) in [6.07, 6.45) is 17.6. The van der Waals surface area contributed by atoms with Gasteiger partial charge in [0.25, 0.3) is 0 Å². The molecule has 0 aromatic rings. The summed E-state index contributed by atoms with van der Waals surface area (Å²) in [6.45, 7) is 9.69. The van der Waals surface area contributed by atoms with Crippen LogP contribution < -0.4 is 0 Å². The molecule has 0 bridgehead atoms. The van der Waals surface area contributed by atoms with E-state index in [4.69, 9.17) is 17.5 Å². The summed E-state index contributed by atoms with van der Waals surface area (Å²) in [4.78, 5) is 0. The fourth-order valence-electron chi connectivity index (χ4n) is 2.19. The Bertz CT molecular complexity index is 321. The van der Waals surface area contributed by atoms with E-state index in [1.54, 1.807) is 0 Å².